The van der Waals surface area contributed by atoms with E-state index in [4.69, 9.17) is 10.8 Å². The summed E-state index contributed by atoms with van der Waals surface area (Å²) in [5.41, 5.74) is 6.91. The van der Waals surface area contributed by atoms with Crippen LogP contribution in [0.1, 0.15) is 11.1 Å². The molecule has 0 aliphatic carbocycles. The van der Waals surface area contributed by atoms with Gasteiger partial charge in [-0.1, -0.05) is 0 Å². The zero-order valence-electron chi connectivity index (χ0n) is 9.33. The first-order valence-corrected chi connectivity index (χ1v) is 4.86. The van der Waals surface area contributed by atoms with Gasteiger partial charge in [-0.3, -0.25) is 15.1 Å². The largest absolute Gasteiger partial charge is 0.404 e. The lowest BCUT2D eigenvalue weighted by Crippen LogP contribution is -1.97. The SMILES string of the molecule is CN=CC(=CN)c1cc(CO)cc([N+](=O)[O-])c1. The molecule has 6 nitrogen and oxygen atoms in total. The van der Waals surface area contributed by atoms with Crippen LogP contribution in [0, 0.1) is 10.1 Å². The summed E-state index contributed by atoms with van der Waals surface area (Å²) in [6.45, 7) is -0.268. The van der Waals surface area contributed by atoms with Crippen LogP contribution in [0.2, 0.25) is 0 Å². The lowest BCUT2D eigenvalue weighted by molar-refractivity contribution is -0.385. The molecule has 0 spiro atoms. The maximum atomic E-state index is 10.7. The second kappa shape index (κ2) is 5.76. The molecule has 0 bridgehead atoms. The van der Waals surface area contributed by atoms with Crippen molar-refractivity contribution in [3.05, 3.63) is 45.6 Å². The third-order valence-electron chi connectivity index (χ3n) is 2.15. The van der Waals surface area contributed by atoms with E-state index in [0.717, 1.165) is 0 Å². The van der Waals surface area contributed by atoms with Gasteiger partial charge in [-0.2, -0.15) is 0 Å². The Balaban J connectivity index is 3.32. The Kier molecular flexibility index (Phi) is 4.36. The molecule has 90 valence electrons. The molecule has 0 saturated heterocycles. The molecular formula is C11H13N3O3. The van der Waals surface area contributed by atoms with Crippen LogP contribution < -0.4 is 5.73 Å². The van der Waals surface area contributed by atoms with Crippen LogP contribution in [-0.4, -0.2) is 23.3 Å². The highest BCUT2D eigenvalue weighted by molar-refractivity contribution is 6.09. The molecule has 1 rings (SSSR count). The van der Waals surface area contributed by atoms with E-state index >= 15 is 0 Å². The van der Waals surface area contributed by atoms with Crippen LogP contribution >= 0.6 is 0 Å². The second-order valence-corrected chi connectivity index (χ2v) is 3.31. The van der Waals surface area contributed by atoms with Gasteiger partial charge in [0.1, 0.15) is 0 Å². The summed E-state index contributed by atoms with van der Waals surface area (Å²) in [6, 6.07) is 4.34. The van der Waals surface area contributed by atoms with Gasteiger partial charge in [-0.15, -0.1) is 0 Å². The number of nitrogens with zero attached hydrogens (tertiary/aromatic N) is 2. The van der Waals surface area contributed by atoms with E-state index in [2.05, 4.69) is 4.99 Å². The van der Waals surface area contributed by atoms with Gasteiger partial charge in [0.25, 0.3) is 5.69 Å². The van der Waals surface area contributed by atoms with Gasteiger partial charge < -0.3 is 10.8 Å². The van der Waals surface area contributed by atoms with Gasteiger partial charge in [0.05, 0.1) is 11.5 Å². The molecular weight excluding hydrogens is 222 g/mol. The van der Waals surface area contributed by atoms with Crippen molar-refractivity contribution in [2.45, 2.75) is 6.61 Å². The number of aliphatic imine (C=N–C) groups is 1. The molecule has 0 amide bonds. The average Bonchev–Trinajstić information content (AvgIpc) is 2.35. The Hall–Kier alpha value is -2.21. The van der Waals surface area contributed by atoms with E-state index in [0.29, 0.717) is 16.7 Å². The van der Waals surface area contributed by atoms with Gasteiger partial charge >= 0.3 is 0 Å². The van der Waals surface area contributed by atoms with E-state index in [1.165, 1.54) is 24.5 Å². The molecule has 1 aromatic rings. The molecule has 1 aromatic carbocycles. The molecule has 0 fully saturated rings. The lowest BCUT2D eigenvalue weighted by atomic mass is 10.0. The van der Waals surface area contributed by atoms with Gasteiger partial charge in [0.2, 0.25) is 0 Å². The summed E-state index contributed by atoms with van der Waals surface area (Å²) in [5, 5.41) is 19.8. The lowest BCUT2D eigenvalue weighted by Gasteiger charge is -2.04. The van der Waals surface area contributed by atoms with Crippen LogP contribution in [0.5, 0.6) is 0 Å². The predicted octanol–water partition coefficient (Wildman–Crippen LogP) is 1.09. The van der Waals surface area contributed by atoms with Crippen molar-refractivity contribution in [3.8, 4) is 0 Å². The Bertz CT molecular complexity index is 481. The minimum Gasteiger partial charge on any atom is -0.404 e. The van der Waals surface area contributed by atoms with E-state index in [1.54, 1.807) is 13.1 Å². The molecule has 0 saturated carbocycles. The van der Waals surface area contributed by atoms with E-state index in [9.17, 15) is 10.1 Å². The summed E-state index contributed by atoms with van der Waals surface area (Å²) in [4.78, 5) is 14.0. The number of rotatable bonds is 4. The van der Waals surface area contributed by atoms with Gasteiger partial charge in [-0.25, -0.2) is 0 Å². The van der Waals surface area contributed by atoms with Crippen molar-refractivity contribution in [1.82, 2.24) is 0 Å². The third-order valence-corrected chi connectivity index (χ3v) is 2.15. The number of nitro groups is 1. The van der Waals surface area contributed by atoms with Crippen molar-refractivity contribution < 1.29 is 10.0 Å². The molecule has 0 unspecified atom stereocenters. The second-order valence-electron chi connectivity index (χ2n) is 3.31. The number of aliphatic hydroxyl groups is 1. The van der Waals surface area contributed by atoms with Crippen molar-refractivity contribution >= 4 is 17.5 Å². The number of nitrogens with two attached hydrogens (primary N) is 1. The monoisotopic (exact) mass is 235 g/mol. The predicted molar refractivity (Wildman–Crippen MR) is 65.6 cm³/mol. The fourth-order valence-corrected chi connectivity index (χ4v) is 1.39. The average molecular weight is 235 g/mol. The minimum absolute atomic E-state index is 0.0876. The Labute approximate surface area is 98.2 Å². The van der Waals surface area contributed by atoms with Crippen molar-refractivity contribution in [2.75, 3.05) is 7.05 Å². The van der Waals surface area contributed by atoms with Crippen LogP contribution in [0.4, 0.5) is 5.69 Å². The number of hydrogen-bond donors (Lipinski definition) is 2. The Morgan fingerprint density at radius 3 is 2.76 bits per heavy atom. The molecule has 0 aliphatic heterocycles. The van der Waals surface area contributed by atoms with Crippen LogP contribution in [0.15, 0.2) is 29.4 Å². The van der Waals surface area contributed by atoms with Crippen molar-refractivity contribution in [3.63, 3.8) is 0 Å². The molecule has 0 aliphatic rings. The molecule has 0 radical (unpaired) electrons. The quantitative estimate of drug-likeness (QED) is 0.463. The Morgan fingerprint density at radius 2 is 2.29 bits per heavy atom. The number of aliphatic hydroxyl groups excluding tert-OH is 1. The van der Waals surface area contributed by atoms with E-state index in [1.807, 2.05) is 0 Å². The van der Waals surface area contributed by atoms with Crippen molar-refractivity contribution in [1.29, 1.82) is 0 Å². The molecule has 0 atom stereocenters. The number of hydrogen-bond acceptors (Lipinski definition) is 5. The minimum atomic E-state index is -0.514. The number of benzene rings is 1. The highest BCUT2D eigenvalue weighted by Crippen LogP contribution is 2.21. The van der Waals surface area contributed by atoms with Crippen LogP contribution in [-0.2, 0) is 6.61 Å². The summed E-state index contributed by atoms with van der Waals surface area (Å²) in [6.07, 6.45) is 2.81. The zero-order valence-corrected chi connectivity index (χ0v) is 9.33. The van der Waals surface area contributed by atoms with Crippen LogP contribution in [0.25, 0.3) is 5.57 Å². The van der Waals surface area contributed by atoms with Gasteiger partial charge in [0, 0.05) is 37.2 Å². The first-order chi connectivity index (χ1) is 8.12. The zero-order chi connectivity index (χ0) is 12.8. The summed E-state index contributed by atoms with van der Waals surface area (Å²) in [5.74, 6) is 0. The fraction of sp³-hybridized carbons (Fsp3) is 0.182. The molecule has 17 heavy (non-hydrogen) atoms. The molecule has 0 aromatic heterocycles. The van der Waals surface area contributed by atoms with Gasteiger partial charge in [0.15, 0.2) is 0 Å². The van der Waals surface area contributed by atoms with E-state index in [-0.39, 0.29) is 12.3 Å². The molecule has 6 heteroatoms. The number of non-ortho nitro benzene ring substituents is 1. The van der Waals surface area contributed by atoms with E-state index < -0.39 is 4.92 Å². The summed E-state index contributed by atoms with van der Waals surface area (Å²) in [7, 11) is 1.58. The molecule has 0 heterocycles. The van der Waals surface area contributed by atoms with Crippen molar-refractivity contribution in [2.24, 2.45) is 10.7 Å². The number of allylic oxidation sites excluding steroid dienone is 1. The maximum Gasteiger partial charge on any atom is 0.270 e. The normalized spacial score (nSPS) is 12.0. The Morgan fingerprint density at radius 1 is 1.59 bits per heavy atom. The third kappa shape index (κ3) is 3.12. The first kappa shape index (κ1) is 12.9. The highest BCUT2D eigenvalue weighted by atomic mass is 16.6. The maximum absolute atomic E-state index is 10.7. The highest BCUT2D eigenvalue weighted by Gasteiger charge is 2.11. The fourth-order valence-electron chi connectivity index (χ4n) is 1.39. The topological polar surface area (TPSA) is 102 Å². The van der Waals surface area contributed by atoms with Crippen LogP contribution in [0.3, 0.4) is 0 Å². The standard InChI is InChI=1S/C11H13N3O3/c1-13-6-10(5-12)9-2-8(7-15)3-11(4-9)14(16)17/h2-6,15H,7,12H2,1H3. The first-order valence-electron chi connectivity index (χ1n) is 4.86. The smallest absolute Gasteiger partial charge is 0.270 e. The molecule has 3 N–H and O–H groups in total. The summed E-state index contributed by atoms with van der Waals surface area (Å²) >= 11 is 0. The van der Waals surface area contributed by atoms with Gasteiger partial charge in [-0.05, 0) is 17.2 Å². The summed E-state index contributed by atoms with van der Waals surface area (Å²) < 4.78 is 0. The number of nitro benzene ring substituents is 1.